The van der Waals surface area contributed by atoms with Gasteiger partial charge in [0, 0.05) is 10.1 Å². The van der Waals surface area contributed by atoms with Gasteiger partial charge in [-0.2, -0.15) is 0 Å². The molecule has 0 saturated carbocycles. The number of benzene rings is 1. The van der Waals surface area contributed by atoms with Gasteiger partial charge >= 0.3 is 6.09 Å². The molecule has 1 aromatic carbocycles. The lowest BCUT2D eigenvalue weighted by Crippen LogP contribution is -2.39. The highest BCUT2D eigenvalue weighted by atomic mass is 127. The zero-order valence-electron chi connectivity index (χ0n) is 16.1. The van der Waals surface area contributed by atoms with Crippen LogP contribution >= 0.6 is 22.6 Å². The van der Waals surface area contributed by atoms with Gasteiger partial charge in [0.05, 0.1) is 6.54 Å². The van der Waals surface area contributed by atoms with Crippen LogP contribution in [0.3, 0.4) is 0 Å². The van der Waals surface area contributed by atoms with Crippen LogP contribution in [0.4, 0.5) is 4.79 Å². The molecule has 0 aromatic heterocycles. The molecule has 26 heavy (non-hydrogen) atoms. The third kappa shape index (κ3) is 9.40. The van der Waals surface area contributed by atoms with Gasteiger partial charge in [-0.05, 0) is 87.8 Å². The van der Waals surface area contributed by atoms with Crippen LogP contribution in [-0.2, 0) is 4.74 Å². The van der Waals surface area contributed by atoms with Crippen molar-refractivity contribution < 1.29 is 19.4 Å². The van der Waals surface area contributed by atoms with Crippen molar-refractivity contribution in [2.45, 2.75) is 32.6 Å². The molecule has 1 rings (SSSR count). The Labute approximate surface area is 169 Å². The third-order valence-corrected chi connectivity index (χ3v) is 3.98. The topological polar surface area (TPSA) is 62.2 Å². The number of rotatable bonds is 8. The molecule has 1 amide bonds. The molecule has 146 valence electrons. The minimum Gasteiger partial charge on any atom is -0.492 e. The Balaban J connectivity index is 2.64. The van der Waals surface area contributed by atoms with E-state index in [-0.39, 0.29) is 0 Å². The summed E-state index contributed by atoms with van der Waals surface area (Å²) in [6, 6.07) is 7.72. The smallest absolute Gasteiger partial charge is 0.410 e. The van der Waals surface area contributed by atoms with Crippen LogP contribution in [-0.4, -0.2) is 66.6 Å². The molecule has 1 aromatic rings. The highest BCUT2D eigenvalue weighted by molar-refractivity contribution is 14.1. The third-order valence-electron chi connectivity index (χ3n) is 3.26. The predicted molar refractivity (Wildman–Crippen MR) is 111 cm³/mol. The Bertz CT molecular complexity index is 582. The van der Waals surface area contributed by atoms with Crippen LogP contribution in [0, 0.1) is 3.57 Å². The van der Waals surface area contributed by atoms with Gasteiger partial charge < -0.3 is 19.5 Å². The van der Waals surface area contributed by atoms with Crippen molar-refractivity contribution >= 4 is 28.7 Å². The molecule has 0 spiro atoms. The van der Waals surface area contributed by atoms with Gasteiger partial charge in [-0.25, -0.2) is 4.79 Å². The lowest BCUT2D eigenvalue weighted by atomic mass is 10.2. The fourth-order valence-corrected chi connectivity index (χ4v) is 2.23. The van der Waals surface area contributed by atoms with Crippen molar-refractivity contribution in [2.24, 2.45) is 0 Å². The van der Waals surface area contributed by atoms with Gasteiger partial charge in [-0.1, -0.05) is 6.08 Å². The largest absolute Gasteiger partial charge is 0.492 e. The number of carbonyl (C=O) groups excluding carboxylic acids is 1. The number of aliphatic hydroxyl groups is 1. The first-order chi connectivity index (χ1) is 12.1. The second-order valence-electron chi connectivity index (χ2n) is 7.03. The zero-order valence-corrected chi connectivity index (χ0v) is 18.3. The number of hydrogen-bond donors (Lipinski definition) is 1. The first kappa shape index (κ1) is 22.7. The number of nitrogens with zero attached hydrogens (tertiary/aromatic N) is 2. The molecular formula is C19H29IN2O4. The Morgan fingerprint density at radius 3 is 2.42 bits per heavy atom. The van der Waals surface area contributed by atoms with Gasteiger partial charge in [0.1, 0.15) is 24.2 Å². The SMILES string of the molecule is CN(C)C(O)/C=C\CN(CCOc1ccc(I)cc1)C(=O)OC(C)(C)C. The maximum Gasteiger partial charge on any atom is 0.410 e. The van der Waals surface area contributed by atoms with Crippen LogP contribution < -0.4 is 4.74 Å². The van der Waals surface area contributed by atoms with E-state index < -0.39 is 17.9 Å². The van der Waals surface area contributed by atoms with Crippen LogP contribution in [0.2, 0.25) is 0 Å². The van der Waals surface area contributed by atoms with Crippen molar-refractivity contribution in [1.29, 1.82) is 0 Å². The first-order valence-corrected chi connectivity index (χ1v) is 9.54. The Morgan fingerprint density at radius 1 is 1.27 bits per heavy atom. The lowest BCUT2D eigenvalue weighted by Gasteiger charge is -2.27. The molecule has 0 radical (unpaired) electrons. The van der Waals surface area contributed by atoms with Crippen molar-refractivity contribution in [3.8, 4) is 5.75 Å². The van der Waals surface area contributed by atoms with E-state index in [9.17, 15) is 9.90 Å². The average molecular weight is 476 g/mol. The summed E-state index contributed by atoms with van der Waals surface area (Å²) in [7, 11) is 3.55. The van der Waals surface area contributed by atoms with E-state index in [2.05, 4.69) is 22.6 Å². The van der Waals surface area contributed by atoms with E-state index in [1.807, 2.05) is 45.0 Å². The summed E-state index contributed by atoms with van der Waals surface area (Å²) in [4.78, 5) is 15.6. The molecule has 1 atom stereocenters. The molecule has 1 N–H and O–H groups in total. The van der Waals surface area contributed by atoms with Crippen molar-refractivity contribution in [3.63, 3.8) is 0 Å². The average Bonchev–Trinajstić information content (AvgIpc) is 2.53. The van der Waals surface area contributed by atoms with Crippen LogP contribution in [0.15, 0.2) is 36.4 Å². The van der Waals surface area contributed by atoms with E-state index in [0.29, 0.717) is 19.7 Å². The molecule has 0 bridgehead atoms. The van der Waals surface area contributed by atoms with Gasteiger partial charge in [-0.3, -0.25) is 4.90 Å². The van der Waals surface area contributed by atoms with Gasteiger partial charge in [0.15, 0.2) is 0 Å². The lowest BCUT2D eigenvalue weighted by molar-refractivity contribution is 0.0247. The summed E-state index contributed by atoms with van der Waals surface area (Å²) < 4.78 is 12.3. The maximum absolute atomic E-state index is 12.4. The number of ether oxygens (including phenoxy) is 2. The molecule has 0 aliphatic rings. The van der Waals surface area contributed by atoms with E-state index in [0.717, 1.165) is 9.32 Å². The van der Waals surface area contributed by atoms with E-state index in [4.69, 9.17) is 9.47 Å². The highest BCUT2D eigenvalue weighted by Gasteiger charge is 2.21. The number of aliphatic hydroxyl groups excluding tert-OH is 1. The molecule has 0 heterocycles. The fraction of sp³-hybridized carbons (Fsp3) is 0.526. The molecule has 7 heteroatoms. The summed E-state index contributed by atoms with van der Waals surface area (Å²) in [5.74, 6) is 0.758. The van der Waals surface area contributed by atoms with Crippen molar-refractivity contribution in [2.75, 3.05) is 33.8 Å². The quantitative estimate of drug-likeness (QED) is 0.354. The van der Waals surface area contributed by atoms with E-state index in [1.165, 1.54) is 0 Å². The summed E-state index contributed by atoms with van der Waals surface area (Å²) in [6.45, 7) is 6.55. The van der Waals surface area contributed by atoms with Crippen LogP contribution in [0.25, 0.3) is 0 Å². The van der Waals surface area contributed by atoms with Crippen molar-refractivity contribution in [3.05, 3.63) is 40.0 Å². The number of amides is 1. The summed E-state index contributed by atoms with van der Waals surface area (Å²) in [6.07, 6.45) is 2.28. The Kier molecular flexibility index (Phi) is 9.38. The zero-order chi connectivity index (χ0) is 19.7. The minimum atomic E-state index is -0.696. The second-order valence-corrected chi connectivity index (χ2v) is 8.28. The standard InChI is InChI=1S/C19H29IN2O4/c1-19(2,3)26-18(24)22(12-6-7-17(23)21(4)5)13-14-25-16-10-8-15(20)9-11-16/h6-11,17,23H,12-14H2,1-5H3/b7-6-. The van der Waals surface area contributed by atoms with Crippen molar-refractivity contribution in [1.82, 2.24) is 9.80 Å². The summed E-state index contributed by atoms with van der Waals surface area (Å²) >= 11 is 2.23. The minimum absolute atomic E-state index is 0.329. The molecule has 0 aliphatic heterocycles. The van der Waals surface area contributed by atoms with E-state index in [1.54, 1.807) is 36.0 Å². The summed E-state index contributed by atoms with van der Waals surface area (Å²) in [5.41, 5.74) is -0.570. The Morgan fingerprint density at radius 2 is 1.88 bits per heavy atom. The molecule has 0 aliphatic carbocycles. The van der Waals surface area contributed by atoms with Crippen LogP contribution in [0.5, 0.6) is 5.75 Å². The number of likely N-dealkylation sites (N-methyl/N-ethyl adjacent to an activating group) is 1. The second kappa shape index (κ2) is 10.7. The number of carbonyl (C=O) groups is 1. The van der Waals surface area contributed by atoms with Gasteiger partial charge in [0.2, 0.25) is 0 Å². The molecule has 1 unspecified atom stereocenters. The monoisotopic (exact) mass is 476 g/mol. The summed E-state index contributed by atoms with van der Waals surface area (Å²) in [5, 5.41) is 9.79. The highest BCUT2D eigenvalue weighted by Crippen LogP contribution is 2.14. The number of hydrogen-bond acceptors (Lipinski definition) is 5. The molecule has 0 saturated heterocycles. The maximum atomic E-state index is 12.4. The molecular weight excluding hydrogens is 447 g/mol. The first-order valence-electron chi connectivity index (χ1n) is 8.46. The van der Waals surface area contributed by atoms with Gasteiger partial charge in [-0.15, -0.1) is 0 Å². The normalized spacial score (nSPS) is 13.1. The fourth-order valence-electron chi connectivity index (χ4n) is 1.87. The Hall–Kier alpha value is -1.32. The molecule has 0 fully saturated rings. The van der Waals surface area contributed by atoms with Gasteiger partial charge in [0.25, 0.3) is 0 Å². The number of halogens is 1. The molecule has 6 nitrogen and oxygen atoms in total. The predicted octanol–water partition coefficient (Wildman–Crippen LogP) is 3.34. The van der Waals surface area contributed by atoms with E-state index >= 15 is 0 Å². The van der Waals surface area contributed by atoms with Crippen LogP contribution in [0.1, 0.15) is 20.8 Å².